The molecule has 0 amide bonds. The molecular formula is C16H18ClN3O4S. The van der Waals surface area contributed by atoms with E-state index >= 15 is 0 Å². The Bertz CT molecular complexity index is 766. The summed E-state index contributed by atoms with van der Waals surface area (Å²) >= 11 is 11.3. The highest BCUT2D eigenvalue weighted by Gasteiger charge is 2.35. The third kappa shape index (κ3) is 3.74. The zero-order chi connectivity index (χ0) is 18.7. The van der Waals surface area contributed by atoms with Gasteiger partial charge < -0.3 is 15.0 Å². The van der Waals surface area contributed by atoms with E-state index in [0.29, 0.717) is 28.5 Å². The number of methoxy groups -OCH3 is 1. The quantitative estimate of drug-likeness (QED) is 0.361. The first kappa shape index (κ1) is 19.1. The van der Waals surface area contributed by atoms with Gasteiger partial charge in [-0.1, -0.05) is 24.6 Å². The first-order valence-corrected chi connectivity index (χ1v) is 8.41. The smallest absolute Gasteiger partial charge is 0.337 e. The number of hydrogen-bond donors (Lipinski definition) is 1. The molecule has 1 aliphatic rings. The SMILES string of the molecule is CCCN1C(=S)N[C@@H](c2ccc(Cl)c([N+](=O)[O-])c2)C(C(=O)OC)=C1C. The maximum absolute atomic E-state index is 12.4. The molecule has 7 nitrogen and oxygen atoms in total. The number of allylic oxidation sites excluding steroid dienone is 1. The fraction of sp³-hybridized carbons (Fsp3) is 0.375. The Kier molecular flexibility index (Phi) is 5.97. The number of nitro groups is 1. The van der Waals surface area contributed by atoms with Crippen LogP contribution < -0.4 is 5.32 Å². The van der Waals surface area contributed by atoms with E-state index in [4.69, 9.17) is 28.6 Å². The number of nitrogens with zero attached hydrogens (tertiary/aromatic N) is 2. The number of nitro benzene ring substituents is 1. The number of thiocarbonyl (C=S) groups is 1. The molecule has 1 heterocycles. The molecular weight excluding hydrogens is 366 g/mol. The zero-order valence-electron chi connectivity index (χ0n) is 14.0. The normalized spacial score (nSPS) is 17.4. The molecule has 0 saturated heterocycles. The summed E-state index contributed by atoms with van der Waals surface area (Å²) in [5, 5.41) is 14.7. The van der Waals surface area contributed by atoms with Gasteiger partial charge >= 0.3 is 5.97 Å². The average Bonchev–Trinajstić information content (AvgIpc) is 2.57. The zero-order valence-corrected chi connectivity index (χ0v) is 15.6. The fourth-order valence-electron chi connectivity index (χ4n) is 2.75. The van der Waals surface area contributed by atoms with Gasteiger partial charge in [-0.15, -0.1) is 0 Å². The molecule has 0 radical (unpaired) electrons. The average molecular weight is 384 g/mol. The van der Waals surface area contributed by atoms with Crippen LogP contribution in [-0.4, -0.2) is 34.6 Å². The van der Waals surface area contributed by atoms with E-state index in [9.17, 15) is 14.9 Å². The first-order valence-electron chi connectivity index (χ1n) is 7.62. The van der Waals surface area contributed by atoms with Crippen LogP contribution in [0.4, 0.5) is 5.69 Å². The molecule has 1 atom stereocenters. The number of nitrogens with one attached hydrogen (secondary N) is 1. The number of carbonyl (C=O) groups excluding carboxylic acids is 1. The van der Waals surface area contributed by atoms with Crippen molar-refractivity contribution in [3.8, 4) is 0 Å². The lowest BCUT2D eigenvalue weighted by Crippen LogP contribution is -2.48. The monoisotopic (exact) mass is 383 g/mol. The van der Waals surface area contributed by atoms with Crippen molar-refractivity contribution in [2.45, 2.75) is 26.3 Å². The Morgan fingerprint density at radius 3 is 2.76 bits per heavy atom. The van der Waals surface area contributed by atoms with Crippen molar-refractivity contribution in [3.05, 3.63) is 50.2 Å². The Labute approximate surface area is 155 Å². The molecule has 9 heteroatoms. The summed E-state index contributed by atoms with van der Waals surface area (Å²) in [4.78, 5) is 24.8. The Hall–Kier alpha value is -2.19. The van der Waals surface area contributed by atoms with Crippen molar-refractivity contribution >= 4 is 40.6 Å². The molecule has 0 aliphatic carbocycles. The van der Waals surface area contributed by atoms with E-state index in [1.54, 1.807) is 13.0 Å². The van der Waals surface area contributed by atoms with Gasteiger partial charge in [0.1, 0.15) is 5.02 Å². The lowest BCUT2D eigenvalue weighted by atomic mass is 9.94. The van der Waals surface area contributed by atoms with Crippen molar-refractivity contribution in [3.63, 3.8) is 0 Å². The summed E-state index contributed by atoms with van der Waals surface area (Å²) in [6, 6.07) is 3.75. The third-order valence-electron chi connectivity index (χ3n) is 3.95. The van der Waals surface area contributed by atoms with Crippen LogP contribution in [-0.2, 0) is 9.53 Å². The highest BCUT2D eigenvalue weighted by Crippen LogP contribution is 2.35. The molecule has 134 valence electrons. The maximum Gasteiger partial charge on any atom is 0.337 e. The van der Waals surface area contributed by atoms with Gasteiger partial charge in [-0.2, -0.15) is 0 Å². The van der Waals surface area contributed by atoms with Crippen molar-refractivity contribution in [1.29, 1.82) is 0 Å². The second-order valence-electron chi connectivity index (χ2n) is 5.49. The Balaban J connectivity index is 2.59. The molecule has 1 aromatic rings. The standard InChI is InChI=1S/C16H18ClN3O4S/c1-4-7-19-9(2)13(15(21)24-3)14(18-16(19)25)10-5-6-11(17)12(8-10)20(22)23/h5-6,8,14H,4,7H2,1-3H3,(H,18,25)/t14-/m0/s1. The van der Waals surface area contributed by atoms with Crippen LogP contribution in [0.3, 0.4) is 0 Å². The van der Waals surface area contributed by atoms with Gasteiger partial charge in [-0.05, 0) is 37.2 Å². The van der Waals surface area contributed by atoms with Crippen LogP contribution >= 0.6 is 23.8 Å². The highest BCUT2D eigenvalue weighted by molar-refractivity contribution is 7.80. The second kappa shape index (κ2) is 7.79. The summed E-state index contributed by atoms with van der Waals surface area (Å²) in [5.74, 6) is -0.517. The van der Waals surface area contributed by atoms with Gasteiger partial charge in [0, 0.05) is 18.3 Å². The van der Waals surface area contributed by atoms with E-state index in [2.05, 4.69) is 5.32 Å². The molecule has 0 bridgehead atoms. The predicted molar refractivity (Wildman–Crippen MR) is 98.3 cm³/mol. The molecule has 0 unspecified atom stereocenters. The van der Waals surface area contributed by atoms with Gasteiger partial charge in [0.15, 0.2) is 5.11 Å². The summed E-state index contributed by atoms with van der Waals surface area (Å²) in [7, 11) is 1.29. The molecule has 1 aliphatic heterocycles. The molecule has 1 aromatic carbocycles. The van der Waals surface area contributed by atoms with Crippen LogP contribution in [0.25, 0.3) is 0 Å². The van der Waals surface area contributed by atoms with E-state index in [1.807, 2.05) is 11.8 Å². The number of benzene rings is 1. The minimum absolute atomic E-state index is 0.0278. The summed E-state index contributed by atoms with van der Waals surface area (Å²) in [6.07, 6.45) is 0.838. The Morgan fingerprint density at radius 2 is 2.20 bits per heavy atom. The fourth-order valence-corrected chi connectivity index (χ4v) is 3.28. The lowest BCUT2D eigenvalue weighted by Gasteiger charge is -2.37. The first-order chi connectivity index (χ1) is 11.8. The maximum atomic E-state index is 12.4. The van der Waals surface area contributed by atoms with Crippen LogP contribution in [0.5, 0.6) is 0 Å². The lowest BCUT2D eigenvalue weighted by molar-refractivity contribution is -0.384. The van der Waals surface area contributed by atoms with E-state index in [1.165, 1.54) is 19.2 Å². The Morgan fingerprint density at radius 1 is 1.52 bits per heavy atom. The molecule has 0 aromatic heterocycles. The number of ether oxygens (including phenoxy) is 1. The molecule has 0 spiro atoms. The summed E-state index contributed by atoms with van der Waals surface area (Å²) in [6.45, 7) is 4.43. The summed E-state index contributed by atoms with van der Waals surface area (Å²) in [5.41, 5.74) is 1.31. The van der Waals surface area contributed by atoms with Crippen molar-refractivity contribution < 1.29 is 14.5 Å². The molecule has 0 fully saturated rings. The number of esters is 1. The van der Waals surface area contributed by atoms with E-state index in [0.717, 1.165) is 6.42 Å². The van der Waals surface area contributed by atoms with Crippen molar-refractivity contribution in [1.82, 2.24) is 10.2 Å². The second-order valence-corrected chi connectivity index (χ2v) is 6.29. The van der Waals surface area contributed by atoms with Gasteiger partial charge in [0.05, 0.1) is 23.6 Å². The predicted octanol–water partition coefficient (Wildman–Crippen LogP) is 3.34. The van der Waals surface area contributed by atoms with E-state index < -0.39 is 16.9 Å². The van der Waals surface area contributed by atoms with Crippen LogP contribution in [0.2, 0.25) is 5.02 Å². The molecule has 2 rings (SSSR count). The topological polar surface area (TPSA) is 84.7 Å². The molecule has 1 N–H and O–H groups in total. The number of halogens is 1. The van der Waals surface area contributed by atoms with Crippen LogP contribution in [0.15, 0.2) is 29.5 Å². The highest BCUT2D eigenvalue weighted by atomic mass is 35.5. The van der Waals surface area contributed by atoms with Gasteiger partial charge in [-0.25, -0.2) is 4.79 Å². The minimum atomic E-state index is -0.649. The molecule has 25 heavy (non-hydrogen) atoms. The minimum Gasteiger partial charge on any atom is -0.466 e. The third-order valence-corrected chi connectivity index (χ3v) is 4.61. The van der Waals surface area contributed by atoms with Gasteiger partial charge in [0.25, 0.3) is 5.69 Å². The summed E-state index contributed by atoms with van der Waals surface area (Å²) < 4.78 is 4.91. The van der Waals surface area contributed by atoms with Crippen LogP contribution in [0.1, 0.15) is 31.9 Å². The van der Waals surface area contributed by atoms with Gasteiger partial charge in [0.2, 0.25) is 0 Å². The van der Waals surface area contributed by atoms with Crippen molar-refractivity contribution in [2.24, 2.45) is 0 Å². The molecule has 0 saturated carbocycles. The van der Waals surface area contributed by atoms with E-state index in [-0.39, 0.29) is 10.7 Å². The number of carbonyl (C=O) groups is 1. The van der Waals surface area contributed by atoms with Crippen molar-refractivity contribution in [2.75, 3.05) is 13.7 Å². The number of rotatable bonds is 5. The largest absolute Gasteiger partial charge is 0.466 e. The van der Waals surface area contributed by atoms with Crippen LogP contribution in [0, 0.1) is 10.1 Å². The number of hydrogen-bond acceptors (Lipinski definition) is 5. The van der Waals surface area contributed by atoms with Gasteiger partial charge in [-0.3, -0.25) is 10.1 Å².